The zero-order valence-electron chi connectivity index (χ0n) is 19.7. The molecule has 0 spiro atoms. The molecule has 190 valence electrons. The predicted molar refractivity (Wildman–Crippen MR) is 126 cm³/mol. The minimum absolute atomic E-state index is 0.0469. The average molecular weight is 489 g/mol. The van der Waals surface area contributed by atoms with Crippen molar-refractivity contribution in [3.05, 3.63) is 59.9 Å². The second-order valence-corrected chi connectivity index (χ2v) is 8.19. The maximum atomic E-state index is 12.6. The molecule has 1 aliphatic carbocycles. The highest BCUT2D eigenvalue weighted by atomic mass is 16.5. The molecule has 1 heterocycles. The molecule has 0 aromatic heterocycles. The van der Waals surface area contributed by atoms with Gasteiger partial charge in [-0.05, 0) is 29.8 Å². The molecular weight excluding hydrogens is 456 g/mol. The fraction of sp³-hybridized carbons (Fsp3) is 0.462. The summed E-state index contributed by atoms with van der Waals surface area (Å²) in [5.74, 6) is 0.184. The summed E-state index contributed by atoms with van der Waals surface area (Å²) in [7, 11) is 0. The largest absolute Gasteiger partial charge is 0.494 e. The van der Waals surface area contributed by atoms with Gasteiger partial charge in [0.05, 0.1) is 37.6 Å². The number of allylic oxidation sites excluding steroid dienone is 1. The van der Waals surface area contributed by atoms with Crippen molar-refractivity contribution >= 4 is 17.5 Å². The molecule has 1 aromatic rings. The highest BCUT2D eigenvalue weighted by molar-refractivity contribution is 6.17. The molecule has 0 saturated heterocycles. The van der Waals surface area contributed by atoms with Crippen molar-refractivity contribution < 1.29 is 43.9 Å². The van der Waals surface area contributed by atoms with Crippen LogP contribution in [-0.2, 0) is 23.8 Å². The Bertz CT molecular complexity index is 948. The molecule has 9 nitrogen and oxygen atoms in total. The Balaban J connectivity index is 1.48. The third-order valence-electron chi connectivity index (χ3n) is 5.63. The van der Waals surface area contributed by atoms with E-state index in [1.807, 2.05) is 12.2 Å². The number of ether oxygens (including phenoxy) is 4. The van der Waals surface area contributed by atoms with Crippen molar-refractivity contribution in [2.75, 3.05) is 26.4 Å². The molecular formula is C26H32O9. The number of rotatable bonds is 13. The van der Waals surface area contributed by atoms with Gasteiger partial charge in [0.2, 0.25) is 0 Å². The van der Waals surface area contributed by atoms with Crippen molar-refractivity contribution in [2.24, 2.45) is 5.92 Å². The monoisotopic (exact) mass is 488 g/mol. The smallest absolute Gasteiger partial charge is 0.339 e. The van der Waals surface area contributed by atoms with Gasteiger partial charge in [0, 0.05) is 25.2 Å². The number of carbonyl (C=O) groups excluding carboxylic acids is 2. The summed E-state index contributed by atoms with van der Waals surface area (Å²) in [5.41, 5.74) is 1.17. The molecule has 0 radical (unpaired) electrons. The van der Waals surface area contributed by atoms with Gasteiger partial charge in [-0.25, -0.2) is 4.79 Å². The number of esters is 2. The Kier molecular flexibility index (Phi) is 9.89. The van der Waals surface area contributed by atoms with Gasteiger partial charge >= 0.3 is 11.9 Å². The van der Waals surface area contributed by atoms with Crippen LogP contribution in [0.25, 0.3) is 5.57 Å². The Morgan fingerprint density at radius 2 is 1.74 bits per heavy atom. The van der Waals surface area contributed by atoms with Gasteiger partial charge in [-0.2, -0.15) is 0 Å². The first kappa shape index (κ1) is 26.5. The molecule has 9 heteroatoms. The second-order valence-electron chi connectivity index (χ2n) is 8.19. The summed E-state index contributed by atoms with van der Waals surface area (Å²) in [6.07, 6.45) is 5.29. The number of hydrogen-bond acceptors (Lipinski definition) is 9. The lowest BCUT2D eigenvalue weighted by Gasteiger charge is -2.29. The lowest BCUT2D eigenvalue weighted by atomic mass is 9.90. The molecule has 1 aliphatic heterocycles. The second kappa shape index (κ2) is 13.1. The quantitative estimate of drug-likeness (QED) is 0.356. The maximum Gasteiger partial charge on any atom is 0.339 e. The third-order valence-corrected chi connectivity index (χ3v) is 5.63. The highest BCUT2D eigenvalue weighted by Gasteiger charge is 2.31. The van der Waals surface area contributed by atoms with E-state index in [2.05, 4.69) is 0 Å². The zero-order chi connectivity index (χ0) is 25.2. The van der Waals surface area contributed by atoms with Crippen molar-refractivity contribution in [2.45, 2.75) is 44.5 Å². The molecule has 0 amide bonds. The first-order valence-electron chi connectivity index (χ1n) is 11.7. The number of carbonyl (C=O) groups is 2. The van der Waals surface area contributed by atoms with Gasteiger partial charge in [0.15, 0.2) is 0 Å². The Morgan fingerprint density at radius 3 is 2.43 bits per heavy atom. The number of aliphatic hydroxyl groups is 3. The van der Waals surface area contributed by atoms with Crippen LogP contribution < -0.4 is 4.74 Å². The summed E-state index contributed by atoms with van der Waals surface area (Å²) < 4.78 is 21.5. The molecule has 2 aliphatic rings. The summed E-state index contributed by atoms with van der Waals surface area (Å²) in [6, 6.07) is 7.00. The number of aliphatic hydroxyl groups excluding tert-OH is 3. The van der Waals surface area contributed by atoms with Crippen molar-refractivity contribution in [3.63, 3.8) is 0 Å². The molecule has 1 aromatic carbocycles. The van der Waals surface area contributed by atoms with E-state index in [0.29, 0.717) is 22.6 Å². The average Bonchev–Trinajstić information content (AvgIpc) is 2.87. The van der Waals surface area contributed by atoms with Crippen LogP contribution in [0, 0.1) is 5.92 Å². The molecule has 0 bridgehead atoms. The van der Waals surface area contributed by atoms with Gasteiger partial charge in [0.25, 0.3) is 0 Å². The van der Waals surface area contributed by atoms with Crippen LogP contribution >= 0.6 is 0 Å². The van der Waals surface area contributed by atoms with Gasteiger partial charge in [-0.3, -0.25) is 4.79 Å². The molecule has 3 rings (SSSR count). The summed E-state index contributed by atoms with van der Waals surface area (Å²) in [5, 5.41) is 28.9. The van der Waals surface area contributed by atoms with E-state index in [0.717, 1.165) is 0 Å². The normalized spacial score (nSPS) is 20.6. The molecule has 0 fully saturated rings. The van der Waals surface area contributed by atoms with Gasteiger partial charge in [0.1, 0.15) is 24.2 Å². The number of fused-ring (bicyclic) bond motifs is 1. The molecule has 35 heavy (non-hydrogen) atoms. The molecule has 3 N–H and O–H groups in total. The first-order chi connectivity index (χ1) is 16.9. The van der Waals surface area contributed by atoms with Crippen molar-refractivity contribution in [3.8, 4) is 5.75 Å². The lowest BCUT2D eigenvalue weighted by molar-refractivity contribution is -0.144. The minimum Gasteiger partial charge on any atom is -0.494 e. The van der Waals surface area contributed by atoms with Crippen LogP contribution in [0.5, 0.6) is 5.75 Å². The fourth-order valence-electron chi connectivity index (χ4n) is 3.64. The van der Waals surface area contributed by atoms with E-state index in [9.17, 15) is 19.8 Å². The first-order valence-corrected chi connectivity index (χ1v) is 11.7. The van der Waals surface area contributed by atoms with Crippen LogP contribution in [0.3, 0.4) is 0 Å². The third kappa shape index (κ3) is 7.68. The van der Waals surface area contributed by atoms with Crippen LogP contribution in [0.2, 0.25) is 0 Å². The van der Waals surface area contributed by atoms with Crippen molar-refractivity contribution in [1.82, 2.24) is 0 Å². The summed E-state index contributed by atoms with van der Waals surface area (Å²) in [6.45, 7) is 2.01. The maximum absolute atomic E-state index is 12.6. The SMILES string of the molecule is CCC(=O)OCCC(O)C(O)CCOC1=CC2OC(=O)C(c3ccc(OCCO)cc3)=CC2C=C1. The number of hydrogen-bond donors (Lipinski definition) is 3. The van der Waals surface area contributed by atoms with Crippen LogP contribution in [-0.4, -0.2) is 72.0 Å². The topological polar surface area (TPSA) is 132 Å². The Labute approximate surface area is 204 Å². The number of benzene rings is 1. The summed E-state index contributed by atoms with van der Waals surface area (Å²) in [4.78, 5) is 23.7. The summed E-state index contributed by atoms with van der Waals surface area (Å²) >= 11 is 0. The standard InChI is InChI=1S/C26H32O9/c1-2-25(30)34-13-10-23(29)22(28)9-12-32-20-8-5-18-15-21(26(31)35-24(18)16-20)17-3-6-19(7-4-17)33-14-11-27/h3-8,15-16,18,22-24,27-29H,2,9-14H2,1H3. The van der Waals surface area contributed by atoms with Gasteiger partial charge in [-0.15, -0.1) is 0 Å². The Morgan fingerprint density at radius 1 is 1.03 bits per heavy atom. The van der Waals surface area contributed by atoms with Crippen LogP contribution in [0.15, 0.2) is 54.3 Å². The lowest BCUT2D eigenvalue weighted by Crippen LogP contribution is -2.31. The van der Waals surface area contributed by atoms with Gasteiger partial charge in [-0.1, -0.05) is 31.2 Å². The molecule has 4 unspecified atom stereocenters. The van der Waals surface area contributed by atoms with Gasteiger partial charge < -0.3 is 34.3 Å². The molecule has 4 atom stereocenters. The van der Waals surface area contributed by atoms with E-state index < -0.39 is 24.3 Å². The zero-order valence-corrected chi connectivity index (χ0v) is 19.7. The van der Waals surface area contributed by atoms with E-state index in [4.69, 9.17) is 24.1 Å². The van der Waals surface area contributed by atoms with E-state index in [1.54, 1.807) is 43.3 Å². The van der Waals surface area contributed by atoms with Crippen molar-refractivity contribution in [1.29, 1.82) is 0 Å². The minimum atomic E-state index is -1.03. The highest BCUT2D eigenvalue weighted by Crippen LogP contribution is 2.32. The fourth-order valence-corrected chi connectivity index (χ4v) is 3.64. The van der Waals surface area contributed by atoms with Crippen LogP contribution in [0.1, 0.15) is 31.7 Å². The Hall–Kier alpha value is -3.14. The molecule has 0 saturated carbocycles. The van der Waals surface area contributed by atoms with E-state index in [-0.39, 0.29) is 57.6 Å². The van der Waals surface area contributed by atoms with E-state index >= 15 is 0 Å². The van der Waals surface area contributed by atoms with E-state index in [1.165, 1.54) is 0 Å². The predicted octanol–water partition coefficient (Wildman–Crippen LogP) is 1.91. The van der Waals surface area contributed by atoms with Crippen LogP contribution in [0.4, 0.5) is 0 Å².